The van der Waals surface area contributed by atoms with Crippen molar-refractivity contribution in [2.24, 2.45) is 5.41 Å². The number of hydrogen-bond donors (Lipinski definition) is 0. The zero-order valence-corrected chi connectivity index (χ0v) is 13.0. The van der Waals surface area contributed by atoms with Gasteiger partial charge in [0.15, 0.2) is 0 Å². The van der Waals surface area contributed by atoms with Gasteiger partial charge in [-0.25, -0.2) is 0 Å². The topological polar surface area (TPSA) is 0 Å². The Morgan fingerprint density at radius 2 is 0.941 bits per heavy atom. The van der Waals surface area contributed by atoms with E-state index in [9.17, 15) is 0 Å². The molecule has 0 heteroatoms. The Bertz CT molecular complexity index is 131. The first-order valence-corrected chi connectivity index (χ1v) is 8.24. The zero-order valence-electron chi connectivity index (χ0n) is 13.0. The number of unbranched alkanes of at least 4 members (excludes halogenated alkanes) is 4. The average Bonchev–Trinajstić information content (AvgIpc) is 2.30. The van der Waals surface area contributed by atoms with Gasteiger partial charge in [0.1, 0.15) is 0 Å². The molecule has 0 heterocycles. The van der Waals surface area contributed by atoms with Crippen LogP contribution in [0.2, 0.25) is 0 Å². The van der Waals surface area contributed by atoms with E-state index in [1.54, 1.807) is 0 Å². The molecule has 0 bridgehead atoms. The van der Waals surface area contributed by atoms with Crippen molar-refractivity contribution in [2.75, 3.05) is 0 Å². The first-order valence-electron chi connectivity index (χ1n) is 8.24. The Balaban J connectivity index is 4.05. The molecule has 0 rings (SSSR count). The van der Waals surface area contributed by atoms with Crippen molar-refractivity contribution in [2.45, 2.75) is 105 Å². The van der Waals surface area contributed by atoms with Crippen molar-refractivity contribution >= 4 is 0 Å². The van der Waals surface area contributed by atoms with E-state index < -0.39 is 0 Å². The van der Waals surface area contributed by atoms with Crippen molar-refractivity contribution in [3.05, 3.63) is 0 Å². The minimum absolute atomic E-state index is 0.699. The van der Waals surface area contributed by atoms with Gasteiger partial charge in [0.05, 0.1) is 0 Å². The van der Waals surface area contributed by atoms with E-state index in [4.69, 9.17) is 0 Å². The highest BCUT2D eigenvalue weighted by atomic mass is 14.3. The molecule has 0 aliphatic heterocycles. The highest BCUT2D eigenvalue weighted by molar-refractivity contribution is 4.78. The summed E-state index contributed by atoms with van der Waals surface area (Å²) in [5.74, 6) is 0. The van der Waals surface area contributed by atoms with E-state index in [-0.39, 0.29) is 0 Å². The molecule has 0 saturated heterocycles. The lowest BCUT2D eigenvalue weighted by Gasteiger charge is -2.34. The van der Waals surface area contributed by atoms with Crippen LogP contribution >= 0.6 is 0 Å². The van der Waals surface area contributed by atoms with Crippen LogP contribution in [0.3, 0.4) is 0 Å². The van der Waals surface area contributed by atoms with E-state index in [0.29, 0.717) is 5.41 Å². The fourth-order valence-electron chi connectivity index (χ4n) is 3.44. The van der Waals surface area contributed by atoms with Crippen LogP contribution in [0.4, 0.5) is 0 Å². The second kappa shape index (κ2) is 11.1. The average molecular weight is 240 g/mol. The Labute approximate surface area is 111 Å². The lowest BCUT2D eigenvalue weighted by molar-refractivity contribution is 0.185. The van der Waals surface area contributed by atoms with E-state index >= 15 is 0 Å². The maximum Gasteiger partial charge on any atom is -0.0298 e. The summed E-state index contributed by atoms with van der Waals surface area (Å²) in [4.78, 5) is 0. The van der Waals surface area contributed by atoms with Crippen LogP contribution in [0.15, 0.2) is 0 Å². The fourth-order valence-corrected chi connectivity index (χ4v) is 3.44. The molecule has 0 nitrogen and oxygen atoms in total. The Kier molecular flexibility index (Phi) is 11.1. The maximum atomic E-state index is 2.36. The van der Waals surface area contributed by atoms with Gasteiger partial charge >= 0.3 is 0 Å². The first-order chi connectivity index (χ1) is 8.24. The van der Waals surface area contributed by atoms with Gasteiger partial charge in [-0.15, -0.1) is 0 Å². The van der Waals surface area contributed by atoms with Crippen molar-refractivity contribution in [1.29, 1.82) is 0 Å². The summed E-state index contributed by atoms with van der Waals surface area (Å²) in [7, 11) is 0. The van der Waals surface area contributed by atoms with Crippen LogP contribution in [-0.4, -0.2) is 0 Å². The lowest BCUT2D eigenvalue weighted by atomic mass is 9.72. The van der Waals surface area contributed by atoms with E-state index in [0.717, 1.165) is 0 Å². The van der Waals surface area contributed by atoms with E-state index in [2.05, 4.69) is 27.7 Å². The minimum atomic E-state index is 0.699. The predicted octanol–water partition coefficient (Wildman–Crippen LogP) is 6.73. The summed E-state index contributed by atoms with van der Waals surface area (Å²) in [6, 6.07) is 0. The molecule has 0 fully saturated rings. The van der Waals surface area contributed by atoms with E-state index in [1.165, 1.54) is 77.0 Å². The molecule has 0 saturated carbocycles. The second-order valence-corrected chi connectivity index (χ2v) is 5.91. The van der Waals surface area contributed by atoms with Crippen LogP contribution in [-0.2, 0) is 0 Å². The van der Waals surface area contributed by atoms with Crippen LogP contribution in [0, 0.1) is 5.41 Å². The maximum absolute atomic E-state index is 2.36. The molecule has 0 amide bonds. The summed E-state index contributed by atoms with van der Waals surface area (Å²) in [5.41, 5.74) is 0.699. The molecule has 0 aliphatic rings. The normalized spacial score (nSPS) is 12.0. The van der Waals surface area contributed by atoms with E-state index in [1.807, 2.05) is 0 Å². The highest BCUT2D eigenvalue weighted by Crippen LogP contribution is 2.40. The number of hydrogen-bond acceptors (Lipinski definition) is 0. The van der Waals surface area contributed by atoms with Gasteiger partial charge in [-0.05, 0) is 31.1 Å². The van der Waals surface area contributed by atoms with Crippen LogP contribution in [0.5, 0.6) is 0 Å². The fraction of sp³-hybridized carbons (Fsp3) is 1.00. The van der Waals surface area contributed by atoms with Gasteiger partial charge in [0.2, 0.25) is 0 Å². The molecule has 0 aromatic heterocycles. The Morgan fingerprint density at radius 1 is 0.471 bits per heavy atom. The quantitative estimate of drug-likeness (QED) is 0.332. The van der Waals surface area contributed by atoms with Gasteiger partial charge in [-0.3, -0.25) is 0 Å². The summed E-state index contributed by atoms with van der Waals surface area (Å²) >= 11 is 0. The van der Waals surface area contributed by atoms with Crippen molar-refractivity contribution in [3.8, 4) is 0 Å². The molecule has 0 unspecified atom stereocenters. The molecule has 0 radical (unpaired) electrons. The van der Waals surface area contributed by atoms with Gasteiger partial charge < -0.3 is 0 Å². The van der Waals surface area contributed by atoms with Crippen LogP contribution in [0.25, 0.3) is 0 Å². The van der Waals surface area contributed by atoms with Crippen molar-refractivity contribution in [3.63, 3.8) is 0 Å². The van der Waals surface area contributed by atoms with Gasteiger partial charge in [-0.2, -0.15) is 0 Å². The largest absolute Gasteiger partial charge is 0.0654 e. The molecule has 0 atom stereocenters. The van der Waals surface area contributed by atoms with Gasteiger partial charge in [-0.1, -0.05) is 79.1 Å². The van der Waals surface area contributed by atoms with Crippen LogP contribution < -0.4 is 0 Å². The molecule has 0 aliphatic carbocycles. The molecular weight excluding hydrogens is 204 g/mol. The molecule has 17 heavy (non-hydrogen) atoms. The molecule has 0 aromatic rings. The third-order valence-corrected chi connectivity index (χ3v) is 4.15. The third-order valence-electron chi connectivity index (χ3n) is 4.15. The second-order valence-electron chi connectivity index (χ2n) is 5.91. The molecule has 0 N–H and O–H groups in total. The Morgan fingerprint density at radius 3 is 1.35 bits per heavy atom. The van der Waals surface area contributed by atoms with Crippen molar-refractivity contribution in [1.82, 2.24) is 0 Å². The Hall–Kier alpha value is 0. The summed E-state index contributed by atoms with van der Waals surface area (Å²) in [6.07, 6.45) is 17.2. The monoisotopic (exact) mass is 240 g/mol. The standard InChI is InChI=1S/C17H36/c1-5-9-10-11-12-16-17(13-6-2,14-7-3)15-8-4/h5-16H2,1-4H3. The zero-order chi connectivity index (χ0) is 13.0. The third kappa shape index (κ3) is 7.84. The van der Waals surface area contributed by atoms with Crippen molar-refractivity contribution < 1.29 is 0 Å². The molecular formula is C17H36. The number of rotatable bonds is 12. The summed E-state index contributed by atoms with van der Waals surface area (Å²) in [6.45, 7) is 9.38. The highest BCUT2D eigenvalue weighted by Gasteiger charge is 2.26. The predicted molar refractivity (Wildman–Crippen MR) is 80.5 cm³/mol. The molecule has 0 spiro atoms. The summed E-state index contributed by atoms with van der Waals surface area (Å²) in [5, 5.41) is 0. The summed E-state index contributed by atoms with van der Waals surface area (Å²) < 4.78 is 0. The van der Waals surface area contributed by atoms with Gasteiger partial charge in [0, 0.05) is 0 Å². The smallest absolute Gasteiger partial charge is 0.0298 e. The molecule has 104 valence electrons. The van der Waals surface area contributed by atoms with Gasteiger partial charge in [0.25, 0.3) is 0 Å². The molecule has 0 aromatic carbocycles. The lowest BCUT2D eigenvalue weighted by Crippen LogP contribution is -2.20. The SMILES string of the molecule is CCCCCCCC(CCC)(CCC)CCC. The first kappa shape index (κ1) is 17.0. The minimum Gasteiger partial charge on any atom is -0.0654 e. The van der Waals surface area contributed by atoms with Crippen LogP contribution in [0.1, 0.15) is 105 Å².